The predicted molar refractivity (Wildman–Crippen MR) is 84.5 cm³/mol. The van der Waals surface area contributed by atoms with Crippen LogP contribution in [0.1, 0.15) is 18.4 Å². The zero-order valence-electron chi connectivity index (χ0n) is 11.5. The Morgan fingerprint density at radius 1 is 1.52 bits per heavy atom. The van der Waals surface area contributed by atoms with Gasteiger partial charge in [0.05, 0.1) is 24.7 Å². The molecule has 0 aliphatic carbocycles. The fraction of sp³-hybridized carbons (Fsp3) is 0.200. The highest BCUT2D eigenvalue weighted by Crippen LogP contribution is 2.39. The summed E-state index contributed by atoms with van der Waals surface area (Å²) in [4.78, 5) is 12.0. The van der Waals surface area contributed by atoms with Gasteiger partial charge in [-0.15, -0.1) is 0 Å². The second-order valence-electron chi connectivity index (χ2n) is 4.44. The van der Waals surface area contributed by atoms with Crippen molar-refractivity contribution in [3.8, 4) is 6.07 Å². The van der Waals surface area contributed by atoms with E-state index in [2.05, 4.69) is 28.7 Å². The lowest BCUT2D eigenvalue weighted by molar-refractivity contribution is -0.136. The Morgan fingerprint density at radius 3 is 2.81 bits per heavy atom. The molecular formula is C15H13IN2O3. The smallest absolute Gasteiger partial charge is 0.340 e. The van der Waals surface area contributed by atoms with Gasteiger partial charge in [0, 0.05) is 3.57 Å². The number of ether oxygens (including phenoxy) is 2. The van der Waals surface area contributed by atoms with Gasteiger partial charge in [0.2, 0.25) is 5.88 Å². The van der Waals surface area contributed by atoms with Crippen LogP contribution in [-0.4, -0.2) is 13.1 Å². The molecule has 0 spiro atoms. The van der Waals surface area contributed by atoms with Crippen molar-refractivity contribution in [2.45, 2.75) is 12.8 Å². The molecule has 1 aromatic carbocycles. The van der Waals surface area contributed by atoms with E-state index >= 15 is 0 Å². The molecule has 1 aromatic rings. The monoisotopic (exact) mass is 396 g/mol. The van der Waals surface area contributed by atoms with Crippen LogP contribution in [0.15, 0.2) is 47.1 Å². The Morgan fingerprint density at radius 2 is 2.24 bits per heavy atom. The molecule has 1 atom stereocenters. The number of benzene rings is 1. The number of rotatable bonds is 2. The molecule has 2 N–H and O–H groups in total. The van der Waals surface area contributed by atoms with Gasteiger partial charge >= 0.3 is 5.97 Å². The topological polar surface area (TPSA) is 85.3 Å². The summed E-state index contributed by atoms with van der Waals surface area (Å²) in [5.74, 6) is -0.809. The Labute approximate surface area is 136 Å². The predicted octanol–water partition coefficient (Wildman–Crippen LogP) is 2.55. The number of carbonyl (C=O) groups is 1. The maximum atomic E-state index is 12.0. The lowest BCUT2D eigenvalue weighted by Crippen LogP contribution is -2.25. The fourth-order valence-electron chi connectivity index (χ4n) is 2.26. The molecule has 5 nitrogen and oxygen atoms in total. The first-order valence-electron chi connectivity index (χ1n) is 6.11. The van der Waals surface area contributed by atoms with Gasteiger partial charge in [0.1, 0.15) is 11.3 Å². The molecule has 1 aliphatic heterocycles. The second kappa shape index (κ2) is 6.18. The number of carbonyl (C=O) groups excluding carboxylic acids is 1. The van der Waals surface area contributed by atoms with E-state index < -0.39 is 11.9 Å². The molecule has 0 aromatic heterocycles. The summed E-state index contributed by atoms with van der Waals surface area (Å²) in [6, 6.07) is 9.64. The van der Waals surface area contributed by atoms with Gasteiger partial charge in [0.15, 0.2) is 0 Å². The highest BCUT2D eigenvalue weighted by Gasteiger charge is 2.36. The minimum absolute atomic E-state index is 0.0257. The van der Waals surface area contributed by atoms with Crippen molar-refractivity contribution >= 4 is 28.6 Å². The molecular weight excluding hydrogens is 383 g/mol. The third-order valence-electron chi connectivity index (χ3n) is 3.19. The lowest BCUT2D eigenvalue weighted by Gasteiger charge is -2.26. The Kier molecular flexibility index (Phi) is 4.53. The number of halogens is 1. The Bertz CT molecular complexity index is 701. The maximum absolute atomic E-state index is 12.0. The molecule has 0 saturated carbocycles. The summed E-state index contributed by atoms with van der Waals surface area (Å²) in [5.41, 5.74) is 7.14. The fourth-order valence-corrected chi connectivity index (χ4v) is 2.82. The highest BCUT2D eigenvalue weighted by molar-refractivity contribution is 14.1. The van der Waals surface area contributed by atoms with Gasteiger partial charge in [-0.25, -0.2) is 4.79 Å². The van der Waals surface area contributed by atoms with E-state index in [-0.39, 0.29) is 11.5 Å². The van der Waals surface area contributed by atoms with Gasteiger partial charge in [-0.3, -0.25) is 0 Å². The van der Waals surface area contributed by atoms with Crippen molar-refractivity contribution in [3.63, 3.8) is 0 Å². The van der Waals surface area contributed by atoms with Crippen LogP contribution < -0.4 is 5.73 Å². The third-order valence-corrected chi connectivity index (χ3v) is 3.86. The molecule has 0 saturated heterocycles. The van der Waals surface area contributed by atoms with Crippen LogP contribution >= 0.6 is 22.6 Å². The average molecular weight is 396 g/mol. The molecule has 108 valence electrons. The van der Waals surface area contributed by atoms with E-state index in [0.717, 1.165) is 9.13 Å². The largest absolute Gasteiger partial charge is 0.465 e. The zero-order chi connectivity index (χ0) is 15.6. The number of nitrogens with zero attached hydrogens (tertiary/aromatic N) is 1. The number of nitrogens with two attached hydrogens (primary N) is 1. The lowest BCUT2D eigenvalue weighted by atomic mass is 9.83. The van der Waals surface area contributed by atoms with Gasteiger partial charge in [-0.05, 0) is 47.2 Å². The molecule has 1 aliphatic rings. The van der Waals surface area contributed by atoms with Gasteiger partial charge in [-0.2, -0.15) is 5.26 Å². The summed E-state index contributed by atoms with van der Waals surface area (Å²) >= 11 is 2.17. The quantitative estimate of drug-likeness (QED) is 0.614. The SMILES string of the molecule is COC(=O)C1=C(N)OC(C)=C(C#N)[C@@H]1c1cccc(I)c1. The first-order chi connectivity index (χ1) is 9.99. The number of esters is 1. The Balaban J connectivity index is 2.66. The van der Waals surface area contributed by atoms with Crippen molar-refractivity contribution < 1.29 is 14.3 Å². The Hall–Kier alpha value is -2.01. The van der Waals surface area contributed by atoms with E-state index in [4.69, 9.17) is 15.2 Å². The van der Waals surface area contributed by atoms with Crippen molar-refractivity contribution in [2.75, 3.05) is 7.11 Å². The first kappa shape index (κ1) is 15.4. The third kappa shape index (κ3) is 2.88. The van der Waals surface area contributed by atoms with Crippen LogP contribution in [-0.2, 0) is 14.3 Å². The van der Waals surface area contributed by atoms with E-state index in [0.29, 0.717) is 11.3 Å². The van der Waals surface area contributed by atoms with Crippen molar-refractivity contribution in [1.82, 2.24) is 0 Å². The van der Waals surface area contributed by atoms with Gasteiger partial charge < -0.3 is 15.2 Å². The molecule has 0 unspecified atom stereocenters. The molecule has 6 heteroatoms. The summed E-state index contributed by atoms with van der Waals surface area (Å²) < 4.78 is 11.1. The molecule has 2 rings (SSSR count). The summed E-state index contributed by atoms with van der Waals surface area (Å²) in [6.07, 6.45) is 0. The number of hydrogen-bond donors (Lipinski definition) is 1. The van der Waals surface area contributed by atoms with Crippen LogP contribution in [0.5, 0.6) is 0 Å². The summed E-state index contributed by atoms with van der Waals surface area (Å²) in [5, 5.41) is 9.42. The number of nitriles is 1. The standard InChI is InChI=1S/C15H13IN2O3/c1-8-11(7-17)12(9-4-3-5-10(16)6-9)13(14(18)21-8)15(19)20-2/h3-6,12H,18H2,1-2H3/t12-/m0/s1. The van der Waals surface area contributed by atoms with Crippen LogP contribution in [0.25, 0.3) is 0 Å². The van der Waals surface area contributed by atoms with Crippen molar-refractivity contribution in [1.29, 1.82) is 5.26 Å². The summed E-state index contributed by atoms with van der Waals surface area (Å²) in [6.45, 7) is 1.65. The molecule has 0 bridgehead atoms. The normalized spacial score (nSPS) is 18.1. The van der Waals surface area contributed by atoms with E-state index in [1.54, 1.807) is 6.92 Å². The minimum Gasteiger partial charge on any atom is -0.465 e. The van der Waals surface area contributed by atoms with Crippen LogP contribution in [0, 0.1) is 14.9 Å². The van der Waals surface area contributed by atoms with Crippen LogP contribution in [0.4, 0.5) is 0 Å². The highest BCUT2D eigenvalue weighted by atomic mass is 127. The van der Waals surface area contributed by atoms with E-state index in [9.17, 15) is 10.1 Å². The van der Waals surface area contributed by atoms with Crippen molar-refractivity contribution in [2.24, 2.45) is 5.73 Å². The number of methoxy groups -OCH3 is 1. The molecule has 0 amide bonds. The maximum Gasteiger partial charge on any atom is 0.340 e. The average Bonchev–Trinajstić information content (AvgIpc) is 2.45. The second-order valence-corrected chi connectivity index (χ2v) is 5.69. The van der Waals surface area contributed by atoms with E-state index in [1.807, 2.05) is 24.3 Å². The van der Waals surface area contributed by atoms with E-state index in [1.165, 1.54) is 7.11 Å². The molecule has 21 heavy (non-hydrogen) atoms. The van der Waals surface area contributed by atoms with Gasteiger partial charge in [0.25, 0.3) is 0 Å². The zero-order valence-corrected chi connectivity index (χ0v) is 13.7. The minimum atomic E-state index is -0.600. The van der Waals surface area contributed by atoms with Gasteiger partial charge in [-0.1, -0.05) is 12.1 Å². The van der Waals surface area contributed by atoms with Crippen LogP contribution in [0.3, 0.4) is 0 Å². The molecule has 1 heterocycles. The number of allylic oxidation sites excluding steroid dienone is 2. The molecule has 0 fully saturated rings. The number of hydrogen-bond acceptors (Lipinski definition) is 5. The summed E-state index contributed by atoms with van der Waals surface area (Å²) in [7, 11) is 1.27. The van der Waals surface area contributed by atoms with Crippen molar-refractivity contribution in [3.05, 3.63) is 56.2 Å². The first-order valence-corrected chi connectivity index (χ1v) is 7.19. The molecule has 0 radical (unpaired) electrons. The van der Waals surface area contributed by atoms with Crippen LogP contribution in [0.2, 0.25) is 0 Å².